The molecule has 3 aromatic rings. The van der Waals surface area contributed by atoms with Crippen molar-refractivity contribution in [2.24, 2.45) is 0 Å². The Bertz CT molecular complexity index is 982. The van der Waals surface area contributed by atoms with Gasteiger partial charge in [0.25, 0.3) is 0 Å². The third-order valence-corrected chi connectivity index (χ3v) is 6.20. The van der Waals surface area contributed by atoms with E-state index in [-0.39, 0.29) is 16.8 Å². The third-order valence-electron chi connectivity index (χ3n) is 3.92. The number of carbonyl (C=O) groups excluding carboxylic acids is 1. The molecule has 3 rings (SSSR count). The fraction of sp³-hybridized carbons (Fsp3) is 0.222. The maximum atomic E-state index is 12.2. The third kappa shape index (κ3) is 4.40. The zero-order valence-electron chi connectivity index (χ0n) is 14.9. The van der Waals surface area contributed by atoms with Crippen LogP contribution in [0.15, 0.2) is 41.5 Å². The molecule has 0 aliphatic carbocycles. The second kappa shape index (κ2) is 8.69. The molecule has 6 nitrogen and oxygen atoms in total. The van der Waals surface area contributed by atoms with Gasteiger partial charge in [-0.1, -0.05) is 29.4 Å². The zero-order chi connectivity index (χ0) is 19.4. The lowest BCUT2D eigenvalue weighted by Gasteiger charge is -2.08. The van der Waals surface area contributed by atoms with E-state index in [4.69, 9.17) is 11.6 Å². The van der Waals surface area contributed by atoms with Crippen LogP contribution in [0, 0.1) is 13.8 Å². The SMILES string of the molecule is C=CCn1c(SCC(=O)Nc2cccnc2Cl)nnc1-c1csc(C)c1C. The Balaban J connectivity index is 1.75. The van der Waals surface area contributed by atoms with Gasteiger partial charge in [-0.2, -0.15) is 0 Å². The Kier molecular flexibility index (Phi) is 6.30. The van der Waals surface area contributed by atoms with Gasteiger partial charge in [0.2, 0.25) is 5.91 Å². The van der Waals surface area contributed by atoms with Gasteiger partial charge < -0.3 is 5.32 Å². The molecule has 0 saturated carbocycles. The van der Waals surface area contributed by atoms with E-state index in [9.17, 15) is 4.79 Å². The molecule has 0 fully saturated rings. The van der Waals surface area contributed by atoms with Crippen LogP contribution >= 0.6 is 34.7 Å². The maximum absolute atomic E-state index is 12.2. The molecule has 0 aliphatic heterocycles. The smallest absolute Gasteiger partial charge is 0.234 e. The molecule has 0 bridgehead atoms. The first-order valence-electron chi connectivity index (χ1n) is 8.13. The molecule has 1 amide bonds. The molecule has 3 heterocycles. The van der Waals surface area contributed by atoms with Crippen molar-refractivity contribution in [3.05, 3.63) is 52.0 Å². The predicted molar refractivity (Wildman–Crippen MR) is 112 cm³/mol. The van der Waals surface area contributed by atoms with Crippen LogP contribution in [-0.4, -0.2) is 31.4 Å². The second-order valence-electron chi connectivity index (χ2n) is 5.71. The lowest BCUT2D eigenvalue weighted by atomic mass is 10.1. The lowest BCUT2D eigenvalue weighted by Crippen LogP contribution is -2.15. The fourth-order valence-electron chi connectivity index (χ4n) is 2.42. The summed E-state index contributed by atoms with van der Waals surface area (Å²) in [6, 6.07) is 3.42. The van der Waals surface area contributed by atoms with Crippen LogP contribution in [0.25, 0.3) is 11.4 Å². The Morgan fingerprint density at radius 1 is 1.44 bits per heavy atom. The normalized spacial score (nSPS) is 10.8. The molecule has 0 radical (unpaired) electrons. The molecule has 0 atom stereocenters. The van der Waals surface area contributed by atoms with E-state index >= 15 is 0 Å². The maximum Gasteiger partial charge on any atom is 0.234 e. The first-order chi connectivity index (χ1) is 13.0. The number of amides is 1. The van der Waals surface area contributed by atoms with Crippen LogP contribution in [0.2, 0.25) is 5.15 Å². The highest BCUT2D eigenvalue weighted by Crippen LogP contribution is 2.31. The number of allylic oxidation sites excluding steroid dienone is 1. The van der Waals surface area contributed by atoms with E-state index in [0.29, 0.717) is 17.4 Å². The number of rotatable bonds is 7. The van der Waals surface area contributed by atoms with Gasteiger partial charge in [-0.25, -0.2) is 4.98 Å². The molecule has 0 saturated heterocycles. The van der Waals surface area contributed by atoms with Gasteiger partial charge in [0.15, 0.2) is 16.1 Å². The van der Waals surface area contributed by atoms with Gasteiger partial charge in [-0.3, -0.25) is 9.36 Å². The molecular weight excluding hydrogens is 402 g/mol. The van der Waals surface area contributed by atoms with E-state index in [0.717, 1.165) is 11.4 Å². The Morgan fingerprint density at radius 3 is 2.93 bits per heavy atom. The van der Waals surface area contributed by atoms with E-state index in [1.807, 2.05) is 4.57 Å². The van der Waals surface area contributed by atoms with Crippen molar-refractivity contribution in [2.45, 2.75) is 25.5 Å². The topological polar surface area (TPSA) is 72.7 Å². The quantitative estimate of drug-likeness (QED) is 0.344. The van der Waals surface area contributed by atoms with E-state index in [1.54, 1.807) is 35.7 Å². The average Bonchev–Trinajstić information content (AvgIpc) is 3.19. The van der Waals surface area contributed by atoms with Crippen LogP contribution < -0.4 is 5.32 Å². The van der Waals surface area contributed by atoms with Crippen molar-refractivity contribution in [3.8, 4) is 11.4 Å². The number of pyridine rings is 1. The molecule has 0 aliphatic rings. The molecule has 140 valence electrons. The summed E-state index contributed by atoms with van der Waals surface area (Å²) < 4.78 is 1.97. The summed E-state index contributed by atoms with van der Waals surface area (Å²) in [7, 11) is 0. The van der Waals surface area contributed by atoms with E-state index in [1.165, 1.54) is 22.2 Å². The van der Waals surface area contributed by atoms with Gasteiger partial charge in [0, 0.05) is 28.6 Å². The predicted octanol–water partition coefficient (Wildman–Crippen LogP) is 4.59. The molecular formula is C18H18ClN5OS2. The van der Waals surface area contributed by atoms with Crippen LogP contribution in [0.4, 0.5) is 5.69 Å². The number of hydrogen-bond donors (Lipinski definition) is 1. The highest BCUT2D eigenvalue weighted by Gasteiger charge is 2.18. The summed E-state index contributed by atoms with van der Waals surface area (Å²) in [5, 5.41) is 14.4. The van der Waals surface area contributed by atoms with Gasteiger partial charge in [0.05, 0.1) is 11.4 Å². The van der Waals surface area contributed by atoms with Crippen LogP contribution in [-0.2, 0) is 11.3 Å². The number of carbonyl (C=O) groups is 1. The standard InChI is InChI=1S/C18H18ClN5OS2/c1-4-8-24-17(13-9-26-12(3)11(13)2)22-23-18(24)27-10-15(25)21-14-6-5-7-20-16(14)19/h4-7,9H,1,8,10H2,2-3H3,(H,21,25). The lowest BCUT2D eigenvalue weighted by molar-refractivity contribution is -0.113. The molecule has 9 heteroatoms. The zero-order valence-corrected chi connectivity index (χ0v) is 17.3. The van der Waals surface area contributed by atoms with E-state index < -0.39 is 0 Å². The Morgan fingerprint density at radius 2 is 2.26 bits per heavy atom. The highest BCUT2D eigenvalue weighted by molar-refractivity contribution is 7.99. The van der Waals surface area contributed by atoms with Crippen molar-refractivity contribution < 1.29 is 4.79 Å². The van der Waals surface area contributed by atoms with Crippen molar-refractivity contribution in [1.29, 1.82) is 0 Å². The number of halogens is 1. The highest BCUT2D eigenvalue weighted by atomic mass is 35.5. The molecule has 0 unspecified atom stereocenters. The van der Waals surface area contributed by atoms with Crippen molar-refractivity contribution in [3.63, 3.8) is 0 Å². The van der Waals surface area contributed by atoms with Crippen molar-refractivity contribution in [1.82, 2.24) is 19.7 Å². The number of aryl methyl sites for hydroxylation is 1. The summed E-state index contributed by atoms with van der Waals surface area (Å²) in [6.45, 7) is 8.54. The molecule has 0 aromatic carbocycles. The average molecular weight is 420 g/mol. The fourth-order valence-corrected chi connectivity index (χ4v) is 4.20. The summed E-state index contributed by atoms with van der Waals surface area (Å²) in [5.74, 6) is 0.782. The second-order valence-corrected chi connectivity index (χ2v) is 8.10. The Labute approximate surface area is 170 Å². The van der Waals surface area contributed by atoms with Crippen LogP contribution in [0.5, 0.6) is 0 Å². The first kappa shape index (κ1) is 19.6. The summed E-state index contributed by atoms with van der Waals surface area (Å²) >= 11 is 8.97. The van der Waals surface area contributed by atoms with Crippen LogP contribution in [0.3, 0.4) is 0 Å². The summed E-state index contributed by atoms with van der Waals surface area (Å²) in [6.07, 6.45) is 3.36. The largest absolute Gasteiger partial charge is 0.323 e. The number of nitrogens with zero attached hydrogens (tertiary/aromatic N) is 4. The molecule has 0 spiro atoms. The number of thiophene rings is 1. The number of nitrogens with one attached hydrogen (secondary N) is 1. The summed E-state index contributed by atoms with van der Waals surface area (Å²) in [5.41, 5.74) is 2.74. The van der Waals surface area contributed by atoms with Gasteiger partial charge in [-0.15, -0.1) is 28.1 Å². The van der Waals surface area contributed by atoms with Crippen LogP contribution in [0.1, 0.15) is 10.4 Å². The van der Waals surface area contributed by atoms with Crippen molar-refractivity contribution in [2.75, 3.05) is 11.1 Å². The number of hydrogen-bond acceptors (Lipinski definition) is 6. The molecule has 27 heavy (non-hydrogen) atoms. The van der Waals surface area contributed by atoms with Gasteiger partial charge in [0.1, 0.15) is 0 Å². The van der Waals surface area contributed by atoms with Gasteiger partial charge >= 0.3 is 0 Å². The van der Waals surface area contributed by atoms with E-state index in [2.05, 4.69) is 46.3 Å². The Hall–Kier alpha value is -2.16. The van der Waals surface area contributed by atoms with Gasteiger partial charge in [-0.05, 0) is 31.5 Å². The van der Waals surface area contributed by atoms with Crippen molar-refractivity contribution >= 4 is 46.3 Å². The minimum absolute atomic E-state index is 0.183. The number of aromatic nitrogens is 4. The minimum atomic E-state index is -0.188. The monoisotopic (exact) mass is 419 g/mol. The molecule has 3 aromatic heterocycles. The number of anilines is 1. The first-order valence-corrected chi connectivity index (χ1v) is 10.4. The molecule has 1 N–H and O–H groups in total. The summed E-state index contributed by atoms with van der Waals surface area (Å²) in [4.78, 5) is 17.4. The number of thioether (sulfide) groups is 1. The minimum Gasteiger partial charge on any atom is -0.323 e.